The van der Waals surface area contributed by atoms with Crippen molar-refractivity contribution in [3.63, 3.8) is 0 Å². The molecule has 0 bridgehead atoms. The van der Waals surface area contributed by atoms with Gasteiger partial charge in [0.05, 0.1) is 12.3 Å². The van der Waals surface area contributed by atoms with Gasteiger partial charge in [-0.15, -0.1) is 0 Å². The maximum absolute atomic E-state index is 13.5. The number of para-hydroxylation sites is 1. The van der Waals surface area contributed by atoms with Crippen LogP contribution in [-0.2, 0) is 28.0 Å². The fourth-order valence-corrected chi connectivity index (χ4v) is 4.15. The molecule has 166 valence electrons. The number of carbonyl (C=O) groups excluding carboxylic acids is 1. The minimum atomic E-state index is -0.790. The Morgan fingerprint density at radius 2 is 1.78 bits per heavy atom. The predicted molar refractivity (Wildman–Crippen MR) is 128 cm³/mol. The first-order chi connectivity index (χ1) is 15.6. The van der Waals surface area contributed by atoms with Gasteiger partial charge in [-0.25, -0.2) is 4.98 Å². The monoisotopic (exact) mass is 430 g/mol. The Kier molecular flexibility index (Phi) is 6.83. The average Bonchev–Trinajstić information content (AvgIpc) is 2.83. The fraction of sp³-hybridized carbons (Fsp3) is 0.308. The quantitative estimate of drug-likeness (QED) is 0.564. The number of carbonyl (C=O) groups is 1. The van der Waals surface area contributed by atoms with Gasteiger partial charge in [0.1, 0.15) is 11.2 Å². The molecule has 6 nitrogen and oxygen atoms in total. The number of aromatic nitrogens is 1. The molecule has 3 aromatic rings. The second-order valence-corrected chi connectivity index (χ2v) is 8.40. The molecule has 0 fully saturated rings. The van der Waals surface area contributed by atoms with Crippen LogP contribution in [0.5, 0.6) is 0 Å². The van der Waals surface area contributed by atoms with Crippen LogP contribution >= 0.6 is 0 Å². The number of anilines is 2. The fourth-order valence-electron chi connectivity index (χ4n) is 4.15. The molecule has 1 aliphatic heterocycles. The Hall–Kier alpha value is -3.22. The average molecular weight is 431 g/mol. The summed E-state index contributed by atoms with van der Waals surface area (Å²) in [5, 5.41) is 6.50. The normalized spacial score (nSPS) is 18.1. The van der Waals surface area contributed by atoms with E-state index in [-0.39, 0.29) is 5.91 Å². The number of hydrogen-bond acceptors (Lipinski definition) is 5. The highest BCUT2D eigenvalue weighted by molar-refractivity contribution is 5.99. The van der Waals surface area contributed by atoms with Crippen LogP contribution in [0, 0.1) is 0 Å². The first-order valence-electron chi connectivity index (χ1n) is 10.9. The van der Waals surface area contributed by atoms with Gasteiger partial charge in [-0.2, -0.15) is 0 Å². The number of ether oxygens (including phenoxy) is 1. The van der Waals surface area contributed by atoms with Gasteiger partial charge in [0, 0.05) is 39.0 Å². The van der Waals surface area contributed by atoms with E-state index in [2.05, 4.69) is 33.7 Å². The number of methoxy groups -OCH3 is 1. The summed E-state index contributed by atoms with van der Waals surface area (Å²) in [6.45, 7) is 5.38. The van der Waals surface area contributed by atoms with E-state index in [0.717, 1.165) is 35.9 Å². The largest absolute Gasteiger partial charge is 0.383 e. The molecule has 2 N–H and O–H groups in total. The van der Waals surface area contributed by atoms with Crippen LogP contribution < -0.4 is 10.6 Å². The zero-order chi connectivity index (χ0) is 22.4. The van der Waals surface area contributed by atoms with E-state index in [0.29, 0.717) is 19.7 Å². The zero-order valence-corrected chi connectivity index (χ0v) is 18.7. The number of rotatable bonds is 8. The van der Waals surface area contributed by atoms with E-state index >= 15 is 0 Å². The molecule has 6 heteroatoms. The Morgan fingerprint density at radius 3 is 2.50 bits per heavy atom. The van der Waals surface area contributed by atoms with Crippen LogP contribution in [0.25, 0.3) is 0 Å². The van der Waals surface area contributed by atoms with Gasteiger partial charge in [-0.1, -0.05) is 54.6 Å². The molecule has 1 aliphatic rings. The number of pyridine rings is 1. The third-order valence-electron chi connectivity index (χ3n) is 5.90. The zero-order valence-electron chi connectivity index (χ0n) is 18.7. The Bertz CT molecular complexity index is 1040. The lowest BCUT2D eigenvalue weighted by Gasteiger charge is -2.40. The molecule has 1 atom stereocenters. The lowest BCUT2D eigenvalue weighted by molar-refractivity contribution is -0.122. The molecule has 2 aromatic carbocycles. The van der Waals surface area contributed by atoms with Crippen LogP contribution in [-0.4, -0.2) is 42.6 Å². The van der Waals surface area contributed by atoms with Crippen LogP contribution in [0.4, 0.5) is 11.5 Å². The highest BCUT2D eigenvalue weighted by Crippen LogP contribution is 2.34. The number of fused-ring (bicyclic) bond motifs is 1. The smallest absolute Gasteiger partial charge is 0.237 e. The second-order valence-electron chi connectivity index (χ2n) is 8.40. The first-order valence-corrected chi connectivity index (χ1v) is 10.9. The number of benzene rings is 2. The topological polar surface area (TPSA) is 66.5 Å². The number of amides is 1. The van der Waals surface area contributed by atoms with E-state index in [1.165, 1.54) is 5.56 Å². The van der Waals surface area contributed by atoms with Crippen LogP contribution in [0.15, 0.2) is 72.8 Å². The Balaban J connectivity index is 1.61. The van der Waals surface area contributed by atoms with Gasteiger partial charge in [0.25, 0.3) is 0 Å². The van der Waals surface area contributed by atoms with Gasteiger partial charge >= 0.3 is 0 Å². The molecule has 0 radical (unpaired) electrons. The molecule has 0 aliphatic carbocycles. The van der Waals surface area contributed by atoms with E-state index in [9.17, 15) is 4.79 Å². The van der Waals surface area contributed by atoms with Crippen molar-refractivity contribution in [3.8, 4) is 0 Å². The van der Waals surface area contributed by atoms with Gasteiger partial charge < -0.3 is 15.4 Å². The van der Waals surface area contributed by atoms with Crippen LogP contribution in [0.1, 0.15) is 23.7 Å². The van der Waals surface area contributed by atoms with Gasteiger partial charge in [-0.3, -0.25) is 9.69 Å². The Morgan fingerprint density at radius 1 is 1.06 bits per heavy atom. The molecule has 1 aromatic heterocycles. The maximum atomic E-state index is 13.5. The molecular formula is C26H30N4O2. The summed E-state index contributed by atoms with van der Waals surface area (Å²) in [6.07, 6.45) is 0. The molecule has 1 amide bonds. The van der Waals surface area contributed by atoms with Crippen molar-refractivity contribution in [3.05, 3.63) is 89.6 Å². The molecule has 4 rings (SSSR count). The van der Waals surface area contributed by atoms with E-state index < -0.39 is 5.41 Å². The SMILES string of the molecule is COCCN1Cc2ccc(NCc3ccccc3)nc2C(C)(C(=O)Nc2ccccc2)C1. The van der Waals surface area contributed by atoms with Crippen molar-refractivity contribution in [2.24, 2.45) is 0 Å². The summed E-state index contributed by atoms with van der Waals surface area (Å²) in [6, 6.07) is 23.9. The summed E-state index contributed by atoms with van der Waals surface area (Å²) in [7, 11) is 1.70. The first kappa shape index (κ1) is 22.0. The second kappa shape index (κ2) is 9.94. The molecular weight excluding hydrogens is 400 g/mol. The summed E-state index contributed by atoms with van der Waals surface area (Å²) in [5.74, 6) is 0.719. The van der Waals surface area contributed by atoms with E-state index in [1.807, 2.05) is 61.5 Å². The molecule has 1 unspecified atom stereocenters. The van der Waals surface area contributed by atoms with Crippen molar-refractivity contribution < 1.29 is 9.53 Å². The van der Waals surface area contributed by atoms with Crippen molar-refractivity contribution >= 4 is 17.4 Å². The standard InChI is InChI=1S/C26H30N4O2/c1-26(25(31)28-22-11-7-4-8-12-22)19-30(15-16-32-2)18-21-13-14-23(29-24(21)26)27-17-20-9-5-3-6-10-20/h3-14H,15-19H2,1-2H3,(H,27,29)(H,28,31). The summed E-state index contributed by atoms with van der Waals surface area (Å²) in [4.78, 5) is 20.7. The minimum Gasteiger partial charge on any atom is -0.383 e. The number of nitrogens with zero attached hydrogens (tertiary/aromatic N) is 2. The maximum Gasteiger partial charge on any atom is 0.237 e. The third-order valence-corrected chi connectivity index (χ3v) is 5.90. The van der Waals surface area contributed by atoms with E-state index in [1.54, 1.807) is 7.11 Å². The van der Waals surface area contributed by atoms with Crippen LogP contribution in [0.2, 0.25) is 0 Å². The number of hydrogen-bond donors (Lipinski definition) is 2. The number of nitrogens with one attached hydrogen (secondary N) is 2. The Labute approximate surface area is 189 Å². The highest BCUT2D eigenvalue weighted by Gasteiger charge is 2.43. The van der Waals surface area contributed by atoms with Crippen molar-refractivity contribution in [1.82, 2.24) is 9.88 Å². The van der Waals surface area contributed by atoms with Crippen molar-refractivity contribution in [2.75, 3.05) is 37.4 Å². The molecule has 0 saturated heterocycles. The summed E-state index contributed by atoms with van der Waals surface area (Å²) >= 11 is 0. The molecule has 0 spiro atoms. The molecule has 0 saturated carbocycles. The lowest BCUT2D eigenvalue weighted by Crippen LogP contribution is -2.52. The van der Waals surface area contributed by atoms with Crippen LogP contribution in [0.3, 0.4) is 0 Å². The van der Waals surface area contributed by atoms with E-state index in [4.69, 9.17) is 9.72 Å². The van der Waals surface area contributed by atoms with Crippen molar-refractivity contribution in [1.29, 1.82) is 0 Å². The molecule has 2 heterocycles. The van der Waals surface area contributed by atoms with Crippen molar-refractivity contribution in [2.45, 2.75) is 25.4 Å². The van der Waals surface area contributed by atoms with Gasteiger partial charge in [0.2, 0.25) is 5.91 Å². The van der Waals surface area contributed by atoms with Gasteiger partial charge in [0.15, 0.2) is 0 Å². The molecule has 32 heavy (non-hydrogen) atoms. The third kappa shape index (κ3) is 4.98. The lowest BCUT2D eigenvalue weighted by atomic mass is 9.79. The summed E-state index contributed by atoms with van der Waals surface area (Å²) in [5.41, 5.74) is 3.08. The predicted octanol–water partition coefficient (Wildman–Crippen LogP) is 4.05. The minimum absolute atomic E-state index is 0.0558. The summed E-state index contributed by atoms with van der Waals surface area (Å²) < 4.78 is 5.28. The van der Waals surface area contributed by atoms with Gasteiger partial charge in [-0.05, 0) is 36.2 Å². The highest BCUT2D eigenvalue weighted by atomic mass is 16.5.